The molecule has 1 saturated heterocycles. The van der Waals surface area contributed by atoms with E-state index in [0.29, 0.717) is 18.7 Å². The van der Waals surface area contributed by atoms with Crippen molar-refractivity contribution >= 4 is 29.9 Å². The third-order valence-corrected chi connectivity index (χ3v) is 7.39. The van der Waals surface area contributed by atoms with Crippen molar-refractivity contribution in [2.45, 2.75) is 72.1 Å². The van der Waals surface area contributed by atoms with Crippen LogP contribution in [0.5, 0.6) is 0 Å². The summed E-state index contributed by atoms with van der Waals surface area (Å²) in [5.74, 6) is 2.63. The van der Waals surface area contributed by atoms with E-state index in [4.69, 9.17) is 14.5 Å². The van der Waals surface area contributed by atoms with Gasteiger partial charge in [-0.05, 0) is 46.1 Å². The number of morpholine rings is 1. The average Bonchev–Trinajstić information content (AvgIpc) is 3.12. The molecule has 0 amide bonds. The summed E-state index contributed by atoms with van der Waals surface area (Å²) in [6.07, 6.45) is 4.61. The molecule has 1 saturated carbocycles. The van der Waals surface area contributed by atoms with E-state index in [1.54, 1.807) is 0 Å². The SMILES string of the molecule is CCOC1CC(NC(=NCc2nnc(C)n2C)NCCCN2CCOCC2)C1(CC)CC.I. The molecule has 2 fully saturated rings. The summed E-state index contributed by atoms with van der Waals surface area (Å²) in [4.78, 5) is 7.34. The molecule has 1 aromatic heterocycles. The molecule has 2 N–H and O–H groups in total. The molecule has 1 aliphatic carbocycles. The smallest absolute Gasteiger partial charge is 0.191 e. The lowest BCUT2D eigenvalue weighted by atomic mass is 9.58. The first-order chi connectivity index (χ1) is 15.5. The first-order valence-corrected chi connectivity index (χ1v) is 12.3. The topological polar surface area (TPSA) is 88.8 Å². The van der Waals surface area contributed by atoms with Crippen molar-refractivity contribution in [3.63, 3.8) is 0 Å². The fraction of sp³-hybridized carbons (Fsp3) is 0.870. The molecule has 2 atom stereocenters. The molecular weight excluding hydrogens is 533 g/mol. The van der Waals surface area contributed by atoms with Crippen molar-refractivity contribution in [2.75, 3.05) is 46.0 Å². The zero-order chi connectivity index (χ0) is 23.0. The number of guanidine groups is 1. The molecule has 2 heterocycles. The van der Waals surface area contributed by atoms with Crippen LogP contribution in [0.2, 0.25) is 0 Å². The molecule has 33 heavy (non-hydrogen) atoms. The van der Waals surface area contributed by atoms with Gasteiger partial charge in [-0.15, -0.1) is 34.2 Å². The highest BCUT2D eigenvalue weighted by atomic mass is 127. The van der Waals surface area contributed by atoms with Gasteiger partial charge in [0, 0.05) is 44.7 Å². The van der Waals surface area contributed by atoms with Crippen molar-refractivity contribution in [1.82, 2.24) is 30.3 Å². The lowest BCUT2D eigenvalue weighted by molar-refractivity contribution is -0.133. The van der Waals surface area contributed by atoms with Gasteiger partial charge in [0.05, 0.1) is 19.3 Å². The first kappa shape index (κ1) is 28.3. The Balaban J connectivity index is 0.00000385. The minimum absolute atomic E-state index is 0. The van der Waals surface area contributed by atoms with E-state index in [9.17, 15) is 0 Å². The van der Waals surface area contributed by atoms with Crippen molar-refractivity contribution in [1.29, 1.82) is 0 Å². The number of nitrogens with one attached hydrogen (secondary N) is 2. The molecule has 0 spiro atoms. The Morgan fingerprint density at radius 1 is 1.21 bits per heavy atom. The standard InChI is InChI=1S/C23H43N7O2.HI/c1-6-23(7-2)19(16-20(23)32-8-3)26-22(25-17-21-28-27-18(4)29(21)5)24-10-9-11-30-12-14-31-15-13-30;/h19-20H,6-17H2,1-5H3,(H2,24,25,26);1H. The molecular formula is C23H44IN7O2. The van der Waals surface area contributed by atoms with Crippen molar-refractivity contribution in [3.8, 4) is 0 Å². The number of ether oxygens (including phenoxy) is 2. The highest BCUT2D eigenvalue weighted by Gasteiger charge is 2.53. The normalized spacial score (nSPS) is 23.0. The van der Waals surface area contributed by atoms with E-state index >= 15 is 0 Å². The van der Waals surface area contributed by atoms with Gasteiger partial charge >= 0.3 is 0 Å². The molecule has 1 aromatic rings. The molecule has 0 bridgehead atoms. The van der Waals surface area contributed by atoms with Gasteiger partial charge in [-0.2, -0.15) is 0 Å². The van der Waals surface area contributed by atoms with Gasteiger partial charge in [0.25, 0.3) is 0 Å². The van der Waals surface area contributed by atoms with Crippen molar-refractivity contribution < 1.29 is 9.47 Å². The molecule has 3 rings (SSSR count). The Bertz CT molecular complexity index is 732. The van der Waals surface area contributed by atoms with Crippen LogP contribution in [0.3, 0.4) is 0 Å². The summed E-state index contributed by atoms with van der Waals surface area (Å²) < 4.78 is 13.5. The number of nitrogens with zero attached hydrogens (tertiary/aromatic N) is 5. The highest BCUT2D eigenvalue weighted by Crippen LogP contribution is 2.48. The molecule has 190 valence electrons. The van der Waals surface area contributed by atoms with Gasteiger partial charge in [-0.1, -0.05) is 13.8 Å². The van der Waals surface area contributed by atoms with E-state index in [0.717, 1.165) is 89.3 Å². The Morgan fingerprint density at radius 2 is 1.94 bits per heavy atom. The number of aromatic nitrogens is 3. The van der Waals surface area contributed by atoms with Crippen LogP contribution in [0, 0.1) is 12.3 Å². The summed E-state index contributed by atoms with van der Waals surface area (Å²) >= 11 is 0. The minimum Gasteiger partial charge on any atom is -0.379 e. The van der Waals surface area contributed by atoms with Crippen molar-refractivity contribution in [2.24, 2.45) is 17.5 Å². The Hall–Kier alpha value is -0.980. The number of hydrogen-bond donors (Lipinski definition) is 2. The van der Waals surface area contributed by atoms with Crippen LogP contribution < -0.4 is 10.6 Å². The van der Waals surface area contributed by atoms with Gasteiger partial charge in [-0.25, -0.2) is 4.99 Å². The van der Waals surface area contributed by atoms with Gasteiger partial charge < -0.3 is 24.7 Å². The number of aryl methyl sites for hydroxylation is 1. The summed E-state index contributed by atoms with van der Waals surface area (Å²) in [6, 6.07) is 0.362. The third-order valence-electron chi connectivity index (χ3n) is 7.39. The summed E-state index contributed by atoms with van der Waals surface area (Å²) in [6.45, 7) is 15.6. The maximum atomic E-state index is 6.06. The summed E-state index contributed by atoms with van der Waals surface area (Å²) in [5, 5.41) is 15.7. The molecule has 0 aromatic carbocycles. The lowest BCUT2D eigenvalue weighted by Gasteiger charge is -2.55. The van der Waals surface area contributed by atoms with Crippen LogP contribution in [0.25, 0.3) is 0 Å². The Labute approximate surface area is 216 Å². The number of rotatable bonds is 11. The number of hydrogen-bond acceptors (Lipinski definition) is 6. The van der Waals surface area contributed by atoms with E-state index in [2.05, 4.69) is 46.5 Å². The molecule has 2 unspecified atom stereocenters. The monoisotopic (exact) mass is 577 g/mol. The predicted octanol–water partition coefficient (Wildman–Crippen LogP) is 2.48. The molecule has 2 aliphatic rings. The van der Waals surface area contributed by atoms with Crippen molar-refractivity contribution in [3.05, 3.63) is 11.6 Å². The lowest BCUT2D eigenvalue weighted by Crippen LogP contribution is -2.65. The fourth-order valence-corrected chi connectivity index (χ4v) is 4.97. The van der Waals surface area contributed by atoms with E-state index < -0.39 is 0 Å². The van der Waals surface area contributed by atoms with E-state index in [-0.39, 0.29) is 29.4 Å². The molecule has 0 radical (unpaired) electrons. The van der Waals surface area contributed by atoms with Gasteiger partial charge in [-0.3, -0.25) is 4.90 Å². The number of halogens is 1. The summed E-state index contributed by atoms with van der Waals surface area (Å²) in [7, 11) is 1.99. The molecule has 10 heteroatoms. The van der Waals surface area contributed by atoms with Gasteiger partial charge in [0.2, 0.25) is 0 Å². The highest BCUT2D eigenvalue weighted by molar-refractivity contribution is 14.0. The second-order valence-corrected chi connectivity index (χ2v) is 8.94. The Morgan fingerprint density at radius 3 is 2.55 bits per heavy atom. The maximum absolute atomic E-state index is 6.06. The fourth-order valence-electron chi connectivity index (χ4n) is 4.97. The van der Waals surface area contributed by atoms with Crippen LogP contribution in [0.4, 0.5) is 0 Å². The first-order valence-electron chi connectivity index (χ1n) is 12.3. The van der Waals surface area contributed by atoms with Crippen LogP contribution in [-0.4, -0.2) is 83.8 Å². The number of aliphatic imine (C=N–C) groups is 1. The minimum atomic E-state index is 0. The van der Waals surface area contributed by atoms with E-state index in [1.807, 2.05) is 18.5 Å². The molecule has 9 nitrogen and oxygen atoms in total. The van der Waals surface area contributed by atoms with Gasteiger partial charge in [0.15, 0.2) is 11.8 Å². The molecule has 1 aliphatic heterocycles. The van der Waals surface area contributed by atoms with Crippen LogP contribution >= 0.6 is 24.0 Å². The van der Waals surface area contributed by atoms with Crippen LogP contribution in [-0.2, 0) is 23.1 Å². The average molecular weight is 578 g/mol. The second-order valence-electron chi connectivity index (χ2n) is 8.94. The zero-order valence-electron chi connectivity index (χ0n) is 21.1. The van der Waals surface area contributed by atoms with E-state index in [1.165, 1.54) is 0 Å². The van der Waals surface area contributed by atoms with Crippen LogP contribution in [0.15, 0.2) is 4.99 Å². The maximum Gasteiger partial charge on any atom is 0.191 e. The Kier molecular flexibility index (Phi) is 11.8. The van der Waals surface area contributed by atoms with Crippen LogP contribution in [0.1, 0.15) is 58.1 Å². The quantitative estimate of drug-likeness (QED) is 0.181. The summed E-state index contributed by atoms with van der Waals surface area (Å²) in [5.41, 5.74) is 0.160. The van der Waals surface area contributed by atoms with Gasteiger partial charge in [0.1, 0.15) is 12.4 Å². The largest absolute Gasteiger partial charge is 0.379 e. The zero-order valence-corrected chi connectivity index (χ0v) is 23.4. The third kappa shape index (κ3) is 7.02. The predicted molar refractivity (Wildman–Crippen MR) is 142 cm³/mol. The second kappa shape index (κ2) is 13.8.